The van der Waals surface area contributed by atoms with E-state index in [0.717, 1.165) is 28.4 Å². The molecule has 4 heteroatoms. The third-order valence-corrected chi connectivity index (χ3v) is 4.12. The molecule has 0 fully saturated rings. The van der Waals surface area contributed by atoms with E-state index in [1.165, 1.54) is 10.4 Å². The Balaban J connectivity index is 2.07. The fraction of sp³-hybridized carbons (Fsp3) is 0.400. The van der Waals surface area contributed by atoms with E-state index < -0.39 is 0 Å². The first-order valence-corrected chi connectivity index (χ1v) is 7.33. The average molecular weight is 276 g/mol. The van der Waals surface area contributed by atoms with Crippen LogP contribution in [0.3, 0.4) is 0 Å². The van der Waals surface area contributed by atoms with Gasteiger partial charge in [-0.1, -0.05) is 24.6 Å². The van der Waals surface area contributed by atoms with Crippen molar-refractivity contribution < 1.29 is 4.74 Å². The van der Waals surface area contributed by atoms with Gasteiger partial charge in [-0.25, -0.2) is 4.98 Å². The van der Waals surface area contributed by atoms with Gasteiger partial charge in [0.1, 0.15) is 17.4 Å². The van der Waals surface area contributed by atoms with Crippen LogP contribution in [-0.2, 0) is 19.6 Å². The highest BCUT2D eigenvalue weighted by Gasteiger charge is 2.09. The van der Waals surface area contributed by atoms with Gasteiger partial charge in [0, 0.05) is 11.4 Å². The van der Waals surface area contributed by atoms with Crippen molar-refractivity contribution in [2.75, 3.05) is 0 Å². The van der Waals surface area contributed by atoms with Gasteiger partial charge in [-0.2, -0.15) is 0 Å². The molecule has 0 saturated carbocycles. The number of aryl methyl sites for hydroxylation is 3. The molecule has 0 amide bonds. The molecular formula is C15H20N2OS. The topological polar surface area (TPSA) is 48.1 Å². The number of hydrogen-bond donors (Lipinski definition) is 1. The molecule has 1 aromatic carbocycles. The molecule has 0 atom stereocenters. The Morgan fingerprint density at radius 3 is 2.68 bits per heavy atom. The van der Waals surface area contributed by atoms with E-state index >= 15 is 0 Å². The van der Waals surface area contributed by atoms with Crippen molar-refractivity contribution in [1.82, 2.24) is 4.98 Å². The monoisotopic (exact) mass is 276 g/mol. The lowest BCUT2D eigenvalue weighted by molar-refractivity contribution is 0.303. The summed E-state index contributed by atoms with van der Waals surface area (Å²) in [4.78, 5) is 5.74. The summed E-state index contributed by atoms with van der Waals surface area (Å²) in [5.74, 6) is 0.924. The van der Waals surface area contributed by atoms with Crippen molar-refractivity contribution in [3.63, 3.8) is 0 Å². The molecule has 0 radical (unpaired) electrons. The summed E-state index contributed by atoms with van der Waals surface area (Å²) < 4.78 is 5.84. The Labute approximate surface area is 118 Å². The molecule has 0 aliphatic carbocycles. The van der Waals surface area contributed by atoms with Crippen LogP contribution in [0.4, 0.5) is 0 Å². The second-order valence-corrected chi connectivity index (χ2v) is 5.76. The SMILES string of the molecule is CCc1nc(COc2ccc(C)cc2C)sc1CN. The van der Waals surface area contributed by atoms with Crippen LogP contribution in [0.15, 0.2) is 18.2 Å². The van der Waals surface area contributed by atoms with Gasteiger partial charge in [0.2, 0.25) is 0 Å². The smallest absolute Gasteiger partial charge is 0.140 e. The van der Waals surface area contributed by atoms with Crippen molar-refractivity contribution in [2.24, 2.45) is 5.73 Å². The highest BCUT2D eigenvalue weighted by molar-refractivity contribution is 7.11. The molecule has 2 rings (SSSR count). The first-order chi connectivity index (χ1) is 9.13. The highest BCUT2D eigenvalue weighted by atomic mass is 32.1. The van der Waals surface area contributed by atoms with Crippen molar-refractivity contribution in [3.8, 4) is 5.75 Å². The minimum atomic E-state index is 0.515. The molecule has 19 heavy (non-hydrogen) atoms. The number of nitrogens with zero attached hydrogens (tertiary/aromatic N) is 1. The maximum atomic E-state index is 5.84. The molecule has 0 aliphatic heterocycles. The highest BCUT2D eigenvalue weighted by Crippen LogP contribution is 2.23. The minimum Gasteiger partial charge on any atom is -0.486 e. The maximum Gasteiger partial charge on any atom is 0.140 e. The van der Waals surface area contributed by atoms with Gasteiger partial charge in [0.25, 0.3) is 0 Å². The summed E-state index contributed by atoms with van der Waals surface area (Å²) in [6.45, 7) is 7.32. The molecule has 1 aromatic heterocycles. The van der Waals surface area contributed by atoms with Crippen molar-refractivity contribution in [2.45, 2.75) is 40.3 Å². The molecule has 0 unspecified atom stereocenters. The zero-order valence-electron chi connectivity index (χ0n) is 11.7. The lowest BCUT2D eigenvalue weighted by Crippen LogP contribution is -1.98. The zero-order valence-corrected chi connectivity index (χ0v) is 12.5. The number of nitrogens with two attached hydrogens (primary N) is 1. The van der Waals surface area contributed by atoms with Crippen LogP contribution in [0.5, 0.6) is 5.75 Å². The second-order valence-electron chi connectivity index (χ2n) is 4.59. The van der Waals surface area contributed by atoms with Crippen LogP contribution in [0.1, 0.15) is 33.6 Å². The molecular weight excluding hydrogens is 256 g/mol. The largest absolute Gasteiger partial charge is 0.486 e. The molecule has 2 N–H and O–H groups in total. The fourth-order valence-electron chi connectivity index (χ4n) is 2.04. The summed E-state index contributed by atoms with van der Waals surface area (Å²) in [5, 5.41) is 0.997. The third-order valence-electron chi connectivity index (χ3n) is 3.02. The first-order valence-electron chi connectivity index (χ1n) is 6.51. The Morgan fingerprint density at radius 1 is 1.32 bits per heavy atom. The number of rotatable bonds is 5. The molecule has 102 valence electrons. The van der Waals surface area contributed by atoms with Crippen LogP contribution in [0.25, 0.3) is 0 Å². The number of aromatic nitrogens is 1. The van der Waals surface area contributed by atoms with Crippen molar-refractivity contribution in [1.29, 1.82) is 0 Å². The Morgan fingerprint density at radius 2 is 2.11 bits per heavy atom. The predicted octanol–water partition coefficient (Wildman–Crippen LogP) is 3.36. The molecule has 2 aromatic rings. The van der Waals surface area contributed by atoms with Gasteiger partial charge < -0.3 is 10.5 Å². The maximum absolute atomic E-state index is 5.84. The number of ether oxygens (including phenoxy) is 1. The van der Waals surface area contributed by atoms with Gasteiger partial charge in [0.15, 0.2) is 0 Å². The normalized spacial score (nSPS) is 10.7. The second kappa shape index (κ2) is 6.17. The van der Waals surface area contributed by atoms with E-state index in [9.17, 15) is 0 Å². The quantitative estimate of drug-likeness (QED) is 0.911. The number of hydrogen-bond acceptors (Lipinski definition) is 4. The lowest BCUT2D eigenvalue weighted by Gasteiger charge is -2.08. The van der Waals surface area contributed by atoms with Crippen LogP contribution in [-0.4, -0.2) is 4.98 Å². The van der Waals surface area contributed by atoms with Crippen LogP contribution in [0, 0.1) is 13.8 Å². The Bertz CT molecular complexity index is 542. The summed E-state index contributed by atoms with van der Waals surface area (Å²) in [6, 6.07) is 6.20. The van der Waals surface area contributed by atoms with Gasteiger partial charge >= 0.3 is 0 Å². The molecule has 0 bridgehead atoms. The van der Waals surface area contributed by atoms with Gasteiger partial charge in [0.05, 0.1) is 5.69 Å². The fourth-order valence-corrected chi connectivity index (χ4v) is 2.98. The van der Waals surface area contributed by atoms with Crippen LogP contribution in [0.2, 0.25) is 0 Å². The van der Waals surface area contributed by atoms with Gasteiger partial charge in [-0.15, -0.1) is 11.3 Å². The summed E-state index contributed by atoms with van der Waals surface area (Å²) in [5.41, 5.74) is 9.23. The van der Waals surface area contributed by atoms with E-state index in [4.69, 9.17) is 10.5 Å². The first kappa shape index (κ1) is 14.0. The third kappa shape index (κ3) is 3.33. The lowest BCUT2D eigenvalue weighted by atomic mass is 10.1. The Kier molecular flexibility index (Phi) is 4.56. The Hall–Kier alpha value is -1.39. The zero-order chi connectivity index (χ0) is 13.8. The van der Waals surface area contributed by atoms with E-state index in [0.29, 0.717) is 13.2 Å². The van der Waals surface area contributed by atoms with E-state index in [1.807, 2.05) is 6.07 Å². The molecule has 3 nitrogen and oxygen atoms in total. The molecule has 0 spiro atoms. The molecule has 0 aliphatic rings. The number of thiazole rings is 1. The molecule has 0 saturated heterocycles. The van der Waals surface area contributed by atoms with E-state index in [-0.39, 0.29) is 0 Å². The van der Waals surface area contributed by atoms with E-state index in [1.54, 1.807) is 11.3 Å². The van der Waals surface area contributed by atoms with Crippen molar-refractivity contribution >= 4 is 11.3 Å². The number of benzene rings is 1. The average Bonchev–Trinajstić information content (AvgIpc) is 2.80. The van der Waals surface area contributed by atoms with Crippen LogP contribution < -0.4 is 10.5 Å². The van der Waals surface area contributed by atoms with Crippen molar-refractivity contribution in [3.05, 3.63) is 44.9 Å². The minimum absolute atomic E-state index is 0.515. The summed E-state index contributed by atoms with van der Waals surface area (Å²) in [6.07, 6.45) is 0.923. The van der Waals surface area contributed by atoms with Crippen LogP contribution >= 0.6 is 11.3 Å². The molecule has 1 heterocycles. The summed E-state index contributed by atoms with van der Waals surface area (Å²) in [7, 11) is 0. The van der Waals surface area contributed by atoms with Gasteiger partial charge in [-0.3, -0.25) is 0 Å². The van der Waals surface area contributed by atoms with E-state index in [2.05, 4.69) is 37.9 Å². The standard InChI is InChI=1S/C15H20N2OS/c1-4-12-14(8-16)19-15(17-12)9-18-13-6-5-10(2)7-11(13)3/h5-7H,4,8-9,16H2,1-3H3. The van der Waals surface area contributed by atoms with Gasteiger partial charge in [-0.05, 0) is 31.9 Å². The summed E-state index contributed by atoms with van der Waals surface area (Å²) >= 11 is 1.65. The predicted molar refractivity (Wildman–Crippen MR) is 79.6 cm³/mol.